The normalized spacial score (nSPS) is 10.9. The van der Waals surface area contributed by atoms with Gasteiger partial charge in [-0.15, -0.1) is 0 Å². The van der Waals surface area contributed by atoms with Crippen molar-refractivity contribution >= 4 is 29.2 Å². The molecule has 0 spiro atoms. The van der Waals surface area contributed by atoms with Crippen LogP contribution >= 0.6 is 12.2 Å². The van der Waals surface area contributed by atoms with Crippen LogP contribution in [-0.2, 0) is 14.1 Å². The maximum atomic E-state index is 5.86. The zero-order valence-electron chi connectivity index (χ0n) is 7.35. The summed E-state index contributed by atoms with van der Waals surface area (Å²) in [5.41, 5.74) is 7.28. The zero-order valence-corrected chi connectivity index (χ0v) is 8.17. The summed E-state index contributed by atoms with van der Waals surface area (Å²) in [5, 5.41) is 0. The minimum Gasteiger partial charge on any atom is -0.383 e. The van der Waals surface area contributed by atoms with Gasteiger partial charge >= 0.3 is 0 Å². The monoisotopic (exact) mass is 195 g/mol. The summed E-state index contributed by atoms with van der Waals surface area (Å²) in [6.45, 7) is 0. The minimum absolute atomic E-state index is 0.448. The summed E-state index contributed by atoms with van der Waals surface area (Å²) in [6, 6.07) is 0. The minimum atomic E-state index is 0.448. The van der Waals surface area contributed by atoms with Gasteiger partial charge in [0.25, 0.3) is 0 Å². The number of nitrogens with two attached hydrogens (primary N) is 1. The average molecular weight is 195 g/mol. The highest BCUT2D eigenvalue weighted by Crippen LogP contribution is 2.16. The topological polar surface area (TPSA) is 61.7 Å². The van der Waals surface area contributed by atoms with E-state index < -0.39 is 0 Å². The molecule has 2 aromatic rings. The van der Waals surface area contributed by atoms with Crippen LogP contribution in [0.1, 0.15) is 0 Å². The summed E-state index contributed by atoms with van der Waals surface area (Å²) in [5.74, 6) is 0.593. The molecule has 0 aliphatic carbocycles. The van der Waals surface area contributed by atoms with Crippen molar-refractivity contribution in [2.24, 2.45) is 14.1 Å². The van der Waals surface area contributed by atoms with Crippen molar-refractivity contribution in [3.05, 3.63) is 11.1 Å². The first kappa shape index (κ1) is 8.18. The van der Waals surface area contributed by atoms with Gasteiger partial charge in [-0.2, -0.15) is 4.98 Å². The van der Waals surface area contributed by atoms with Crippen LogP contribution < -0.4 is 5.73 Å². The highest BCUT2D eigenvalue weighted by atomic mass is 32.1. The van der Waals surface area contributed by atoms with Crippen LogP contribution in [-0.4, -0.2) is 19.1 Å². The quantitative estimate of drug-likeness (QED) is 0.626. The van der Waals surface area contributed by atoms with Gasteiger partial charge in [0, 0.05) is 14.1 Å². The second-order valence-electron chi connectivity index (χ2n) is 2.87. The van der Waals surface area contributed by atoms with Crippen molar-refractivity contribution in [1.82, 2.24) is 19.1 Å². The van der Waals surface area contributed by atoms with E-state index in [0.29, 0.717) is 16.2 Å². The fraction of sp³-hybridized carbons (Fsp3) is 0.286. The standard InChI is InChI=1S/C7H9N5S/c1-11-3-9-6-4(11)5(8)12(2)7(13)10-6/h3H,8H2,1-2H3. The fourth-order valence-corrected chi connectivity index (χ4v) is 1.41. The Labute approximate surface area is 79.8 Å². The number of aryl methyl sites for hydroxylation is 1. The van der Waals surface area contributed by atoms with Crippen LogP contribution in [0.25, 0.3) is 11.2 Å². The molecular formula is C7H9N5S. The van der Waals surface area contributed by atoms with E-state index >= 15 is 0 Å². The Bertz CT molecular complexity index is 523. The summed E-state index contributed by atoms with van der Waals surface area (Å²) in [6.07, 6.45) is 1.67. The Morgan fingerprint density at radius 2 is 2.15 bits per heavy atom. The maximum absolute atomic E-state index is 5.86. The molecule has 0 saturated heterocycles. The highest BCUT2D eigenvalue weighted by molar-refractivity contribution is 7.71. The van der Waals surface area contributed by atoms with E-state index in [4.69, 9.17) is 18.0 Å². The van der Waals surface area contributed by atoms with Crippen molar-refractivity contribution in [2.75, 3.05) is 5.73 Å². The summed E-state index contributed by atoms with van der Waals surface area (Å²) < 4.78 is 3.94. The average Bonchev–Trinajstić information content (AvgIpc) is 2.43. The van der Waals surface area contributed by atoms with E-state index in [1.165, 1.54) is 0 Å². The van der Waals surface area contributed by atoms with Crippen molar-refractivity contribution < 1.29 is 0 Å². The number of aromatic nitrogens is 4. The van der Waals surface area contributed by atoms with Gasteiger partial charge in [-0.3, -0.25) is 0 Å². The van der Waals surface area contributed by atoms with E-state index in [0.717, 1.165) is 5.52 Å². The van der Waals surface area contributed by atoms with Crippen LogP contribution in [0.2, 0.25) is 0 Å². The Kier molecular flexibility index (Phi) is 1.59. The van der Waals surface area contributed by atoms with Crippen LogP contribution in [0.4, 0.5) is 5.82 Å². The van der Waals surface area contributed by atoms with Crippen LogP contribution in [0.15, 0.2) is 6.33 Å². The van der Waals surface area contributed by atoms with Crippen LogP contribution in [0, 0.1) is 4.77 Å². The molecule has 2 N–H and O–H groups in total. The first-order valence-electron chi connectivity index (χ1n) is 3.75. The number of fused-ring (bicyclic) bond motifs is 1. The molecule has 0 saturated carbocycles. The van der Waals surface area contributed by atoms with Crippen molar-refractivity contribution in [3.63, 3.8) is 0 Å². The van der Waals surface area contributed by atoms with Gasteiger partial charge in [0.15, 0.2) is 5.65 Å². The Balaban J connectivity index is 3.06. The molecule has 0 aliphatic heterocycles. The number of nitrogens with zero attached hydrogens (tertiary/aromatic N) is 4. The Morgan fingerprint density at radius 3 is 2.85 bits per heavy atom. The molecule has 0 aromatic carbocycles. The summed E-state index contributed by atoms with van der Waals surface area (Å²) in [4.78, 5) is 8.20. The third kappa shape index (κ3) is 1.02. The van der Waals surface area contributed by atoms with E-state index in [2.05, 4.69) is 9.97 Å². The molecule has 5 nitrogen and oxygen atoms in total. The van der Waals surface area contributed by atoms with Crippen molar-refractivity contribution in [2.45, 2.75) is 0 Å². The van der Waals surface area contributed by atoms with Crippen molar-refractivity contribution in [3.8, 4) is 0 Å². The molecule has 0 atom stereocenters. The molecule has 2 aromatic heterocycles. The second kappa shape index (κ2) is 2.53. The lowest BCUT2D eigenvalue weighted by Gasteiger charge is -2.05. The summed E-state index contributed by atoms with van der Waals surface area (Å²) >= 11 is 5.00. The molecule has 0 radical (unpaired) electrons. The van der Waals surface area contributed by atoms with Crippen LogP contribution in [0.3, 0.4) is 0 Å². The lowest BCUT2D eigenvalue weighted by Crippen LogP contribution is -2.06. The number of imidazole rings is 1. The van der Waals surface area contributed by atoms with E-state index in [9.17, 15) is 0 Å². The SMILES string of the molecule is Cn1c(N)c2c(ncn2C)nc1=S. The lowest BCUT2D eigenvalue weighted by molar-refractivity contribution is 0.860. The number of nitrogen functional groups attached to an aromatic ring is 1. The maximum Gasteiger partial charge on any atom is 0.202 e. The first-order chi connectivity index (χ1) is 6.11. The second-order valence-corrected chi connectivity index (χ2v) is 3.23. The van der Waals surface area contributed by atoms with E-state index in [1.54, 1.807) is 17.9 Å². The molecule has 0 bridgehead atoms. The fourth-order valence-electron chi connectivity index (χ4n) is 1.22. The van der Waals surface area contributed by atoms with Gasteiger partial charge in [-0.1, -0.05) is 0 Å². The molecule has 6 heteroatoms. The van der Waals surface area contributed by atoms with Gasteiger partial charge in [0.1, 0.15) is 11.3 Å². The van der Waals surface area contributed by atoms with E-state index in [-0.39, 0.29) is 0 Å². The predicted octanol–water partition coefficient (Wildman–Crippen LogP) is 0.618. The molecule has 2 rings (SSSR count). The van der Waals surface area contributed by atoms with Gasteiger partial charge in [0.2, 0.25) is 4.77 Å². The Hall–Kier alpha value is -1.43. The number of hydrogen-bond acceptors (Lipinski definition) is 4. The molecule has 0 aliphatic rings. The molecule has 13 heavy (non-hydrogen) atoms. The molecular weight excluding hydrogens is 186 g/mol. The molecule has 0 fully saturated rings. The van der Waals surface area contributed by atoms with Gasteiger partial charge in [0.05, 0.1) is 6.33 Å². The van der Waals surface area contributed by atoms with Crippen molar-refractivity contribution in [1.29, 1.82) is 0 Å². The summed E-state index contributed by atoms with van der Waals surface area (Å²) in [7, 11) is 3.66. The highest BCUT2D eigenvalue weighted by Gasteiger charge is 2.07. The molecule has 68 valence electrons. The first-order valence-corrected chi connectivity index (χ1v) is 4.15. The van der Waals surface area contributed by atoms with Gasteiger partial charge in [-0.05, 0) is 12.2 Å². The molecule has 2 heterocycles. The molecule has 0 amide bonds. The van der Waals surface area contributed by atoms with Crippen LogP contribution in [0.5, 0.6) is 0 Å². The van der Waals surface area contributed by atoms with Gasteiger partial charge < -0.3 is 14.9 Å². The number of hydrogen-bond donors (Lipinski definition) is 1. The third-order valence-electron chi connectivity index (χ3n) is 2.01. The van der Waals surface area contributed by atoms with Gasteiger partial charge in [-0.25, -0.2) is 4.98 Å². The number of rotatable bonds is 0. The zero-order chi connectivity index (χ0) is 9.59. The van der Waals surface area contributed by atoms with E-state index in [1.807, 2.05) is 11.6 Å². The molecule has 0 unspecified atom stereocenters. The number of anilines is 1. The third-order valence-corrected chi connectivity index (χ3v) is 2.38. The Morgan fingerprint density at radius 1 is 1.46 bits per heavy atom. The largest absolute Gasteiger partial charge is 0.383 e. The lowest BCUT2D eigenvalue weighted by atomic mass is 10.5. The predicted molar refractivity (Wildman–Crippen MR) is 52.7 cm³/mol. The smallest absolute Gasteiger partial charge is 0.202 e.